The number of carbonyl (C=O) groups is 2. The van der Waals surface area contributed by atoms with Gasteiger partial charge in [-0.3, -0.25) is 14.5 Å². The number of amides is 1. The Kier molecular flexibility index (Phi) is 5.94. The number of nitrogens with zero attached hydrogens (tertiary/aromatic N) is 1. The summed E-state index contributed by atoms with van der Waals surface area (Å²) in [5.74, 6) is 0.169. The highest BCUT2D eigenvalue weighted by Crippen LogP contribution is 2.16. The van der Waals surface area contributed by atoms with E-state index in [0.29, 0.717) is 13.0 Å². The van der Waals surface area contributed by atoms with E-state index >= 15 is 0 Å². The van der Waals surface area contributed by atoms with Crippen LogP contribution < -0.4 is 5.32 Å². The number of aliphatic hydroxyl groups excluding tert-OH is 1. The van der Waals surface area contributed by atoms with Crippen LogP contribution in [0, 0.1) is 11.8 Å². The van der Waals surface area contributed by atoms with Crippen molar-refractivity contribution in [1.82, 2.24) is 10.2 Å². The maximum absolute atomic E-state index is 12.0. The molecule has 2 N–H and O–H groups in total. The first-order chi connectivity index (χ1) is 8.81. The minimum atomic E-state index is -0.402. The fourth-order valence-electron chi connectivity index (χ4n) is 2.52. The highest BCUT2D eigenvalue weighted by Gasteiger charge is 2.27. The van der Waals surface area contributed by atoms with E-state index in [-0.39, 0.29) is 29.6 Å². The number of Topliss-reactive ketones (excluding diaryl/α,β-unsaturated/α-hetero) is 1. The lowest BCUT2D eigenvalue weighted by Crippen LogP contribution is -2.50. The molecule has 1 rings (SSSR count). The Labute approximate surface area is 115 Å². The molecular weight excluding hydrogens is 244 g/mol. The zero-order valence-electron chi connectivity index (χ0n) is 12.3. The van der Waals surface area contributed by atoms with Gasteiger partial charge in [0.1, 0.15) is 0 Å². The molecule has 1 heterocycles. The maximum Gasteiger partial charge on any atom is 0.234 e. The van der Waals surface area contributed by atoms with Gasteiger partial charge in [0.05, 0.1) is 18.7 Å². The van der Waals surface area contributed by atoms with Crippen LogP contribution >= 0.6 is 0 Å². The molecule has 5 heteroatoms. The lowest BCUT2D eigenvalue weighted by atomic mass is 9.96. The van der Waals surface area contributed by atoms with Gasteiger partial charge >= 0.3 is 0 Å². The Bertz CT molecular complexity index is 331. The van der Waals surface area contributed by atoms with Gasteiger partial charge in [0.2, 0.25) is 5.91 Å². The summed E-state index contributed by atoms with van der Waals surface area (Å²) < 4.78 is 0. The number of rotatable bonds is 5. The van der Waals surface area contributed by atoms with Crippen molar-refractivity contribution >= 4 is 11.7 Å². The molecule has 0 aromatic rings. The van der Waals surface area contributed by atoms with Gasteiger partial charge in [0.25, 0.3) is 0 Å². The Balaban J connectivity index is 2.44. The largest absolute Gasteiger partial charge is 0.393 e. The van der Waals surface area contributed by atoms with E-state index in [9.17, 15) is 14.7 Å². The SMILES string of the molecule is CC(=O)C(NC(=O)CN1CCC(O)C(C)C1)C(C)C. The van der Waals surface area contributed by atoms with Crippen LogP contribution in [0.1, 0.15) is 34.1 Å². The fraction of sp³-hybridized carbons (Fsp3) is 0.857. The third kappa shape index (κ3) is 4.91. The molecule has 0 aromatic heterocycles. The Morgan fingerprint density at radius 1 is 1.42 bits per heavy atom. The first-order valence-corrected chi connectivity index (χ1v) is 7.01. The number of hydrogen-bond donors (Lipinski definition) is 2. The number of aliphatic hydroxyl groups is 1. The average Bonchev–Trinajstić information content (AvgIpc) is 2.30. The van der Waals surface area contributed by atoms with Crippen LogP contribution in [0.15, 0.2) is 0 Å². The lowest BCUT2D eigenvalue weighted by Gasteiger charge is -2.34. The quantitative estimate of drug-likeness (QED) is 0.759. The van der Waals surface area contributed by atoms with Crippen LogP contribution in [0.3, 0.4) is 0 Å². The lowest BCUT2D eigenvalue weighted by molar-refractivity contribution is -0.129. The van der Waals surface area contributed by atoms with E-state index in [1.54, 1.807) is 0 Å². The van der Waals surface area contributed by atoms with Gasteiger partial charge in [0.15, 0.2) is 5.78 Å². The summed E-state index contributed by atoms with van der Waals surface area (Å²) in [6.07, 6.45) is 0.439. The van der Waals surface area contributed by atoms with Gasteiger partial charge < -0.3 is 10.4 Å². The van der Waals surface area contributed by atoms with Crippen LogP contribution in [0.4, 0.5) is 0 Å². The van der Waals surface area contributed by atoms with Crippen molar-refractivity contribution in [2.45, 2.75) is 46.3 Å². The van der Waals surface area contributed by atoms with Crippen LogP contribution in [0.2, 0.25) is 0 Å². The van der Waals surface area contributed by atoms with E-state index in [1.807, 2.05) is 25.7 Å². The van der Waals surface area contributed by atoms with Gasteiger partial charge in [-0.15, -0.1) is 0 Å². The molecule has 0 aromatic carbocycles. The highest BCUT2D eigenvalue weighted by molar-refractivity contribution is 5.88. The number of ketones is 1. The highest BCUT2D eigenvalue weighted by atomic mass is 16.3. The summed E-state index contributed by atoms with van der Waals surface area (Å²) in [6.45, 7) is 9.09. The molecule has 0 radical (unpaired) electrons. The summed E-state index contributed by atoms with van der Waals surface area (Å²) >= 11 is 0. The smallest absolute Gasteiger partial charge is 0.234 e. The normalized spacial score (nSPS) is 26.2. The molecule has 1 aliphatic rings. The minimum absolute atomic E-state index is 0.00853. The average molecular weight is 270 g/mol. The maximum atomic E-state index is 12.0. The molecule has 5 nitrogen and oxygen atoms in total. The van der Waals surface area contributed by atoms with Crippen molar-refractivity contribution in [3.05, 3.63) is 0 Å². The van der Waals surface area contributed by atoms with E-state index in [2.05, 4.69) is 5.32 Å². The number of likely N-dealkylation sites (tertiary alicyclic amines) is 1. The second-order valence-electron chi connectivity index (χ2n) is 5.97. The van der Waals surface area contributed by atoms with Crippen molar-refractivity contribution in [3.63, 3.8) is 0 Å². The molecule has 1 saturated heterocycles. The molecule has 1 fully saturated rings. The molecule has 19 heavy (non-hydrogen) atoms. The second kappa shape index (κ2) is 7.01. The molecule has 3 unspecified atom stereocenters. The van der Waals surface area contributed by atoms with Crippen LogP contribution in [-0.2, 0) is 9.59 Å². The monoisotopic (exact) mass is 270 g/mol. The standard InChI is InChI=1S/C14H26N2O3/c1-9(2)14(11(4)17)15-13(19)8-16-6-5-12(18)10(3)7-16/h9-10,12,14,18H,5-8H2,1-4H3,(H,15,19). The van der Waals surface area contributed by atoms with E-state index in [1.165, 1.54) is 6.92 Å². The molecule has 0 saturated carbocycles. The Morgan fingerprint density at radius 3 is 2.53 bits per heavy atom. The number of carbonyl (C=O) groups excluding carboxylic acids is 2. The summed E-state index contributed by atoms with van der Waals surface area (Å²) in [4.78, 5) is 25.4. The number of piperidine rings is 1. The van der Waals surface area contributed by atoms with Crippen molar-refractivity contribution < 1.29 is 14.7 Å². The number of hydrogen-bond acceptors (Lipinski definition) is 4. The molecule has 1 aliphatic heterocycles. The number of nitrogens with one attached hydrogen (secondary N) is 1. The molecule has 1 amide bonds. The summed E-state index contributed by atoms with van der Waals surface area (Å²) in [7, 11) is 0. The molecular formula is C14H26N2O3. The second-order valence-corrected chi connectivity index (χ2v) is 5.97. The summed E-state index contributed by atoms with van der Waals surface area (Å²) in [5, 5.41) is 12.4. The molecule has 110 valence electrons. The van der Waals surface area contributed by atoms with Crippen molar-refractivity contribution in [1.29, 1.82) is 0 Å². The summed E-state index contributed by atoms with van der Waals surface area (Å²) in [5.41, 5.74) is 0. The first-order valence-electron chi connectivity index (χ1n) is 7.01. The third-order valence-corrected chi connectivity index (χ3v) is 3.73. The molecule has 0 aliphatic carbocycles. The van der Waals surface area contributed by atoms with E-state index in [0.717, 1.165) is 13.1 Å². The zero-order chi connectivity index (χ0) is 14.6. The molecule has 0 bridgehead atoms. The van der Waals surface area contributed by atoms with Gasteiger partial charge in [0, 0.05) is 13.1 Å². The van der Waals surface area contributed by atoms with E-state index in [4.69, 9.17) is 0 Å². The van der Waals surface area contributed by atoms with Crippen molar-refractivity contribution in [3.8, 4) is 0 Å². The van der Waals surface area contributed by atoms with Gasteiger partial charge in [-0.1, -0.05) is 20.8 Å². The molecule has 0 spiro atoms. The van der Waals surface area contributed by atoms with Gasteiger partial charge in [-0.05, 0) is 25.2 Å². The van der Waals surface area contributed by atoms with Crippen molar-refractivity contribution in [2.75, 3.05) is 19.6 Å². The van der Waals surface area contributed by atoms with Gasteiger partial charge in [-0.2, -0.15) is 0 Å². The Morgan fingerprint density at radius 2 is 2.05 bits per heavy atom. The predicted molar refractivity (Wildman–Crippen MR) is 73.7 cm³/mol. The predicted octanol–water partition coefficient (Wildman–Crippen LogP) is 0.419. The summed E-state index contributed by atoms with van der Waals surface area (Å²) in [6, 6.07) is -0.402. The van der Waals surface area contributed by atoms with E-state index < -0.39 is 6.04 Å². The van der Waals surface area contributed by atoms with Crippen LogP contribution in [-0.4, -0.2) is 53.5 Å². The van der Waals surface area contributed by atoms with Gasteiger partial charge in [-0.25, -0.2) is 0 Å². The minimum Gasteiger partial charge on any atom is -0.393 e. The Hall–Kier alpha value is -0.940. The van der Waals surface area contributed by atoms with Crippen molar-refractivity contribution in [2.24, 2.45) is 11.8 Å². The zero-order valence-corrected chi connectivity index (χ0v) is 12.3. The fourth-order valence-corrected chi connectivity index (χ4v) is 2.52. The first kappa shape index (κ1) is 16.1. The van der Waals surface area contributed by atoms with Crippen LogP contribution in [0.5, 0.6) is 0 Å². The topological polar surface area (TPSA) is 69.6 Å². The van der Waals surface area contributed by atoms with Crippen LogP contribution in [0.25, 0.3) is 0 Å². The molecule has 3 atom stereocenters. The third-order valence-electron chi connectivity index (χ3n) is 3.73.